The maximum Gasteiger partial charge on any atom is 0.0465 e. The zero-order valence-electron chi connectivity index (χ0n) is 29.3. The van der Waals surface area contributed by atoms with Crippen LogP contribution in [0.3, 0.4) is 0 Å². The van der Waals surface area contributed by atoms with Crippen molar-refractivity contribution in [1.82, 2.24) is 0 Å². The maximum absolute atomic E-state index is 2.41. The van der Waals surface area contributed by atoms with Crippen LogP contribution < -0.4 is 4.90 Å². The standard InChI is InChI=1S/C51H37N/c1-51(2)49-15-9-8-14-47(49)48-31-27-42(33-50(48)51)52(40-23-16-35(17-24-40)34-10-4-3-5-11-34)41-25-18-36(19-26-41)38-21-28-44-39(32-38)22-30-45-43-13-7-6-12-37(43)20-29-46(44)45/h3-33H,1-2H3. The number of benzene rings is 9. The fourth-order valence-corrected chi connectivity index (χ4v) is 8.52. The van der Waals surface area contributed by atoms with E-state index in [4.69, 9.17) is 0 Å². The maximum atomic E-state index is 2.41. The Kier molecular flexibility index (Phi) is 6.91. The molecule has 1 aliphatic carbocycles. The van der Waals surface area contributed by atoms with E-state index in [-0.39, 0.29) is 5.41 Å². The van der Waals surface area contributed by atoms with E-state index in [1.807, 2.05) is 0 Å². The smallest absolute Gasteiger partial charge is 0.0465 e. The van der Waals surface area contributed by atoms with Gasteiger partial charge in [-0.3, -0.25) is 0 Å². The monoisotopic (exact) mass is 663 g/mol. The fourth-order valence-electron chi connectivity index (χ4n) is 8.52. The molecule has 0 bridgehead atoms. The molecule has 0 saturated heterocycles. The second kappa shape index (κ2) is 11.8. The second-order valence-electron chi connectivity index (χ2n) is 14.6. The highest BCUT2D eigenvalue weighted by atomic mass is 15.1. The van der Waals surface area contributed by atoms with Crippen LogP contribution >= 0.6 is 0 Å². The summed E-state index contributed by atoms with van der Waals surface area (Å²) in [5, 5.41) is 7.73. The summed E-state index contributed by atoms with van der Waals surface area (Å²) < 4.78 is 0. The van der Waals surface area contributed by atoms with E-state index in [0.717, 1.165) is 17.1 Å². The van der Waals surface area contributed by atoms with Gasteiger partial charge in [-0.1, -0.05) is 159 Å². The van der Waals surface area contributed by atoms with Gasteiger partial charge in [0.1, 0.15) is 0 Å². The molecule has 0 heterocycles. The molecule has 0 amide bonds. The molecule has 0 aromatic heterocycles. The zero-order valence-corrected chi connectivity index (χ0v) is 29.3. The Balaban J connectivity index is 1.05. The Labute approximate surface area is 305 Å². The third kappa shape index (κ3) is 4.85. The summed E-state index contributed by atoms with van der Waals surface area (Å²) in [6, 6.07) is 69.1. The van der Waals surface area contributed by atoms with E-state index in [2.05, 4.69) is 207 Å². The van der Waals surface area contributed by atoms with Crippen LogP contribution in [-0.2, 0) is 5.41 Å². The van der Waals surface area contributed by atoms with Crippen LogP contribution in [0.4, 0.5) is 17.1 Å². The van der Waals surface area contributed by atoms with Crippen LogP contribution in [0.25, 0.3) is 65.7 Å². The molecule has 0 N–H and O–H groups in total. The van der Waals surface area contributed by atoms with Gasteiger partial charge >= 0.3 is 0 Å². The predicted octanol–water partition coefficient (Wildman–Crippen LogP) is 14.3. The third-order valence-corrected chi connectivity index (χ3v) is 11.3. The Bertz CT molecular complexity index is 2790. The number of rotatable bonds is 5. The molecule has 9 aromatic carbocycles. The lowest BCUT2D eigenvalue weighted by atomic mass is 9.82. The van der Waals surface area contributed by atoms with Gasteiger partial charge in [-0.05, 0) is 119 Å². The lowest BCUT2D eigenvalue weighted by Gasteiger charge is -2.28. The van der Waals surface area contributed by atoms with Crippen LogP contribution in [0.1, 0.15) is 25.0 Å². The zero-order chi connectivity index (χ0) is 34.8. The summed E-state index contributed by atoms with van der Waals surface area (Å²) in [6.45, 7) is 4.70. The number of nitrogens with zero attached hydrogens (tertiary/aromatic N) is 1. The molecular formula is C51H37N. The summed E-state index contributed by atoms with van der Waals surface area (Å²) in [5.41, 5.74) is 13.6. The quantitative estimate of drug-likeness (QED) is 0.166. The highest BCUT2D eigenvalue weighted by Gasteiger charge is 2.35. The molecule has 0 aliphatic heterocycles. The summed E-state index contributed by atoms with van der Waals surface area (Å²) in [6.07, 6.45) is 0. The molecule has 0 radical (unpaired) electrons. The molecule has 0 spiro atoms. The molecular weight excluding hydrogens is 627 g/mol. The summed E-state index contributed by atoms with van der Waals surface area (Å²) in [5.74, 6) is 0. The molecule has 1 aliphatic rings. The number of hydrogen-bond acceptors (Lipinski definition) is 1. The molecule has 1 heteroatoms. The fraction of sp³-hybridized carbons (Fsp3) is 0.0588. The van der Waals surface area contributed by atoms with Crippen molar-refractivity contribution >= 4 is 49.4 Å². The normalized spacial score (nSPS) is 13.0. The van der Waals surface area contributed by atoms with Gasteiger partial charge in [-0.2, -0.15) is 0 Å². The first kappa shape index (κ1) is 30.4. The first-order valence-electron chi connectivity index (χ1n) is 18.2. The van der Waals surface area contributed by atoms with Crippen molar-refractivity contribution in [2.24, 2.45) is 0 Å². The van der Waals surface area contributed by atoms with Crippen molar-refractivity contribution in [3.8, 4) is 33.4 Å². The average Bonchev–Trinajstić information content (AvgIpc) is 3.44. The van der Waals surface area contributed by atoms with Gasteiger partial charge in [-0.15, -0.1) is 0 Å². The Morgan fingerprint density at radius 2 is 0.846 bits per heavy atom. The highest BCUT2D eigenvalue weighted by Crippen LogP contribution is 2.50. The largest absolute Gasteiger partial charge is 0.310 e. The van der Waals surface area contributed by atoms with E-state index in [9.17, 15) is 0 Å². The van der Waals surface area contributed by atoms with Crippen molar-refractivity contribution in [2.45, 2.75) is 19.3 Å². The van der Waals surface area contributed by atoms with Crippen molar-refractivity contribution in [3.05, 3.63) is 199 Å². The molecule has 0 saturated carbocycles. The molecule has 0 atom stereocenters. The average molecular weight is 664 g/mol. The van der Waals surface area contributed by atoms with Gasteiger partial charge < -0.3 is 4.90 Å². The van der Waals surface area contributed by atoms with Gasteiger partial charge in [0, 0.05) is 22.5 Å². The minimum absolute atomic E-state index is 0.0802. The van der Waals surface area contributed by atoms with Crippen LogP contribution in [-0.4, -0.2) is 0 Å². The number of hydrogen-bond donors (Lipinski definition) is 0. The van der Waals surface area contributed by atoms with Crippen LogP contribution in [0.5, 0.6) is 0 Å². The number of fused-ring (bicyclic) bond motifs is 8. The van der Waals surface area contributed by atoms with Crippen molar-refractivity contribution in [1.29, 1.82) is 0 Å². The van der Waals surface area contributed by atoms with Crippen molar-refractivity contribution < 1.29 is 0 Å². The topological polar surface area (TPSA) is 3.24 Å². The number of anilines is 3. The van der Waals surface area contributed by atoms with Crippen LogP contribution in [0, 0.1) is 0 Å². The lowest BCUT2D eigenvalue weighted by molar-refractivity contribution is 0.660. The van der Waals surface area contributed by atoms with Gasteiger partial charge in [-0.25, -0.2) is 0 Å². The van der Waals surface area contributed by atoms with E-state index >= 15 is 0 Å². The minimum Gasteiger partial charge on any atom is -0.310 e. The minimum atomic E-state index is -0.0802. The molecule has 0 fully saturated rings. The van der Waals surface area contributed by atoms with Crippen LogP contribution in [0.15, 0.2) is 188 Å². The summed E-state index contributed by atoms with van der Waals surface area (Å²) >= 11 is 0. The highest BCUT2D eigenvalue weighted by molar-refractivity contribution is 6.17. The molecule has 9 aromatic rings. The lowest BCUT2D eigenvalue weighted by Crippen LogP contribution is -2.16. The molecule has 52 heavy (non-hydrogen) atoms. The van der Waals surface area contributed by atoms with E-state index in [1.54, 1.807) is 0 Å². The third-order valence-electron chi connectivity index (χ3n) is 11.3. The Hall–Kier alpha value is -6.44. The van der Waals surface area contributed by atoms with Gasteiger partial charge in [0.05, 0.1) is 0 Å². The first-order valence-corrected chi connectivity index (χ1v) is 18.2. The van der Waals surface area contributed by atoms with Crippen molar-refractivity contribution in [2.75, 3.05) is 4.90 Å². The molecule has 246 valence electrons. The second-order valence-corrected chi connectivity index (χ2v) is 14.6. The van der Waals surface area contributed by atoms with E-state index in [1.165, 1.54) is 76.8 Å². The van der Waals surface area contributed by atoms with Crippen molar-refractivity contribution in [3.63, 3.8) is 0 Å². The Morgan fingerprint density at radius 3 is 1.60 bits per heavy atom. The van der Waals surface area contributed by atoms with Gasteiger partial charge in [0.15, 0.2) is 0 Å². The molecule has 10 rings (SSSR count). The van der Waals surface area contributed by atoms with Crippen LogP contribution in [0.2, 0.25) is 0 Å². The summed E-state index contributed by atoms with van der Waals surface area (Å²) in [4.78, 5) is 2.40. The Morgan fingerprint density at radius 1 is 0.327 bits per heavy atom. The molecule has 1 nitrogen and oxygen atoms in total. The first-order chi connectivity index (χ1) is 25.5. The molecule has 0 unspecified atom stereocenters. The van der Waals surface area contributed by atoms with Gasteiger partial charge in [0.25, 0.3) is 0 Å². The van der Waals surface area contributed by atoms with Gasteiger partial charge in [0.2, 0.25) is 0 Å². The van der Waals surface area contributed by atoms with E-state index in [0.29, 0.717) is 0 Å². The van der Waals surface area contributed by atoms with E-state index < -0.39 is 0 Å². The predicted molar refractivity (Wildman–Crippen MR) is 222 cm³/mol. The SMILES string of the molecule is CC1(C)c2ccccc2-c2ccc(N(c3ccc(-c4ccccc4)cc3)c3ccc(-c4ccc5c(ccc6c7ccccc7ccc56)c4)cc3)cc21. The summed E-state index contributed by atoms with van der Waals surface area (Å²) in [7, 11) is 0.